The first kappa shape index (κ1) is 19.8. The Labute approximate surface area is 163 Å². The SMILES string of the molecule is CCCCCCC(C)(C)c1cc(O)c2c(c1)OC(C)(C)c1cn(CC)nc1-2. The molecule has 1 aromatic carbocycles. The summed E-state index contributed by atoms with van der Waals surface area (Å²) in [5.74, 6) is 1.01. The van der Waals surface area contributed by atoms with E-state index in [-0.39, 0.29) is 11.2 Å². The van der Waals surface area contributed by atoms with Gasteiger partial charge in [0.25, 0.3) is 0 Å². The average molecular weight is 371 g/mol. The second-order valence-electron chi connectivity index (χ2n) is 8.92. The number of unbranched alkanes of at least 4 members (excludes halogenated alkanes) is 3. The Bertz CT molecular complexity index is 818. The number of rotatable bonds is 7. The number of phenolic OH excluding ortho intramolecular Hbond substituents is 1. The van der Waals surface area contributed by atoms with Crippen LogP contribution in [0, 0.1) is 0 Å². The molecule has 0 saturated heterocycles. The van der Waals surface area contributed by atoms with Gasteiger partial charge in [-0.3, -0.25) is 4.68 Å². The molecule has 0 unspecified atom stereocenters. The van der Waals surface area contributed by atoms with Crippen LogP contribution in [-0.2, 0) is 17.6 Å². The first-order valence-corrected chi connectivity index (χ1v) is 10.3. The van der Waals surface area contributed by atoms with Crippen LogP contribution in [0.15, 0.2) is 18.3 Å². The first-order valence-electron chi connectivity index (χ1n) is 10.3. The number of benzene rings is 1. The van der Waals surface area contributed by atoms with E-state index in [0.29, 0.717) is 0 Å². The molecule has 4 heteroatoms. The van der Waals surface area contributed by atoms with Crippen LogP contribution in [0.5, 0.6) is 11.5 Å². The fourth-order valence-corrected chi connectivity index (χ4v) is 3.99. The van der Waals surface area contributed by atoms with Crippen LogP contribution in [0.3, 0.4) is 0 Å². The lowest BCUT2D eigenvalue weighted by atomic mass is 9.78. The minimum atomic E-state index is -0.466. The standard InChI is InChI=1S/C23H34N2O2/c1-7-9-10-11-12-22(3,4)16-13-18(26)20-19(14-16)27-23(5,6)17-15-25(8-2)24-21(17)20/h13-15,26H,7-12H2,1-6H3. The fourth-order valence-electron chi connectivity index (χ4n) is 3.99. The van der Waals surface area contributed by atoms with Gasteiger partial charge in [-0.2, -0.15) is 5.10 Å². The molecular formula is C23H34N2O2. The Morgan fingerprint density at radius 3 is 2.56 bits per heavy atom. The minimum Gasteiger partial charge on any atom is -0.507 e. The normalized spacial score (nSPS) is 15.2. The van der Waals surface area contributed by atoms with Gasteiger partial charge in [0, 0.05) is 18.3 Å². The van der Waals surface area contributed by atoms with Crippen LogP contribution in [0.4, 0.5) is 0 Å². The summed E-state index contributed by atoms with van der Waals surface area (Å²) in [6.45, 7) is 13.7. The van der Waals surface area contributed by atoms with Gasteiger partial charge in [0.15, 0.2) is 0 Å². The van der Waals surface area contributed by atoms with E-state index in [9.17, 15) is 5.11 Å². The van der Waals surface area contributed by atoms with Crippen molar-refractivity contribution in [2.45, 2.75) is 91.2 Å². The number of aromatic nitrogens is 2. The van der Waals surface area contributed by atoms with E-state index in [1.165, 1.54) is 25.7 Å². The van der Waals surface area contributed by atoms with E-state index < -0.39 is 5.60 Å². The number of hydrogen-bond donors (Lipinski definition) is 1. The molecular weight excluding hydrogens is 336 g/mol. The summed E-state index contributed by atoms with van der Waals surface area (Å²) < 4.78 is 8.26. The number of aromatic hydroxyl groups is 1. The third-order valence-electron chi connectivity index (χ3n) is 5.85. The van der Waals surface area contributed by atoms with Crippen molar-refractivity contribution in [2.24, 2.45) is 0 Å². The van der Waals surface area contributed by atoms with Gasteiger partial charge in [-0.1, -0.05) is 46.5 Å². The Kier molecular flexibility index (Phi) is 5.29. The lowest BCUT2D eigenvalue weighted by Crippen LogP contribution is -2.29. The maximum Gasteiger partial charge on any atom is 0.134 e. The molecule has 0 saturated carbocycles. The van der Waals surface area contributed by atoms with Crippen LogP contribution < -0.4 is 4.74 Å². The highest BCUT2D eigenvalue weighted by Crippen LogP contribution is 2.50. The van der Waals surface area contributed by atoms with E-state index in [0.717, 1.165) is 41.1 Å². The summed E-state index contributed by atoms with van der Waals surface area (Å²) in [5, 5.41) is 15.6. The third-order valence-corrected chi connectivity index (χ3v) is 5.85. The van der Waals surface area contributed by atoms with Crippen molar-refractivity contribution < 1.29 is 9.84 Å². The first-order chi connectivity index (χ1) is 12.7. The molecule has 27 heavy (non-hydrogen) atoms. The number of fused-ring (bicyclic) bond motifs is 3. The average Bonchev–Trinajstić information content (AvgIpc) is 3.03. The van der Waals surface area contributed by atoms with E-state index in [4.69, 9.17) is 9.84 Å². The Hall–Kier alpha value is -1.97. The quantitative estimate of drug-likeness (QED) is 0.595. The van der Waals surface area contributed by atoms with Gasteiger partial charge in [-0.05, 0) is 50.3 Å². The predicted octanol–water partition coefficient (Wildman–Crippen LogP) is 6.15. The van der Waals surface area contributed by atoms with Crippen molar-refractivity contribution in [2.75, 3.05) is 0 Å². The van der Waals surface area contributed by atoms with E-state index >= 15 is 0 Å². The maximum absolute atomic E-state index is 10.9. The maximum atomic E-state index is 10.9. The lowest BCUT2D eigenvalue weighted by Gasteiger charge is -2.34. The molecule has 1 N–H and O–H groups in total. The van der Waals surface area contributed by atoms with Gasteiger partial charge in [-0.15, -0.1) is 0 Å². The molecule has 1 aromatic heterocycles. The second-order valence-corrected chi connectivity index (χ2v) is 8.92. The predicted molar refractivity (Wildman–Crippen MR) is 110 cm³/mol. The van der Waals surface area contributed by atoms with Crippen LogP contribution in [0.25, 0.3) is 11.3 Å². The van der Waals surface area contributed by atoms with Crippen molar-refractivity contribution in [3.63, 3.8) is 0 Å². The number of aryl methyl sites for hydroxylation is 1. The molecule has 2 heterocycles. The lowest BCUT2D eigenvalue weighted by molar-refractivity contribution is 0.105. The minimum absolute atomic E-state index is 0.00316. The van der Waals surface area contributed by atoms with Crippen molar-refractivity contribution >= 4 is 0 Å². The van der Waals surface area contributed by atoms with E-state index in [1.807, 2.05) is 16.9 Å². The number of ether oxygens (including phenoxy) is 1. The number of phenols is 1. The smallest absolute Gasteiger partial charge is 0.134 e. The van der Waals surface area contributed by atoms with Gasteiger partial charge in [0.05, 0.1) is 5.56 Å². The fraction of sp³-hybridized carbons (Fsp3) is 0.609. The van der Waals surface area contributed by atoms with Gasteiger partial charge >= 0.3 is 0 Å². The highest BCUT2D eigenvalue weighted by molar-refractivity contribution is 5.79. The molecule has 4 nitrogen and oxygen atoms in total. The molecule has 0 radical (unpaired) electrons. The topological polar surface area (TPSA) is 47.3 Å². The zero-order valence-electron chi connectivity index (χ0n) is 17.7. The van der Waals surface area contributed by atoms with E-state index in [2.05, 4.69) is 47.6 Å². The highest BCUT2D eigenvalue weighted by Gasteiger charge is 2.38. The summed E-state index contributed by atoms with van der Waals surface area (Å²) in [6, 6.07) is 4.03. The molecule has 0 aliphatic carbocycles. The summed E-state index contributed by atoms with van der Waals surface area (Å²) >= 11 is 0. The monoisotopic (exact) mass is 370 g/mol. The van der Waals surface area contributed by atoms with Gasteiger partial charge in [0.1, 0.15) is 22.8 Å². The Balaban J connectivity index is 1.99. The molecule has 2 aromatic rings. The van der Waals surface area contributed by atoms with Gasteiger partial charge in [-0.25, -0.2) is 0 Å². The molecule has 0 amide bonds. The molecule has 0 fully saturated rings. The van der Waals surface area contributed by atoms with Crippen molar-refractivity contribution in [3.8, 4) is 22.8 Å². The van der Waals surface area contributed by atoms with Crippen molar-refractivity contribution in [3.05, 3.63) is 29.5 Å². The molecule has 148 valence electrons. The van der Waals surface area contributed by atoms with Crippen LogP contribution in [0.1, 0.15) is 84.8 Å². The third kappa shape index (κ3) is 3.71. The second kappa shape index (κ2) is 7.21. The summed E-state index contributed by atoms with van der Waals surface area (Å²) in [7, 11) is 0. The molecule has 0 spiro atoms. The van der Waals surface area contributed by atoms with Crippen molar-refractivity contribution in [1.82, 2.24) is 9.78 Å². The Morgan fingerprint density at radius 2 is 1.89 bits per heavy atom. The largest absolute Gasteiger partial charge is 0.507 e. The summed E-state index contributed by atoms with van der Waals surface area (Å²) in [6.07, 6.45) is 8.13. The summed E-state index contributed by atoms with van der Waals surface area (Å²) in [4.78, 5) is 0. The molecule has 1 aliphatic heterocycles. The number of hydrogen-bond acceptors (Lipinski definition) is 3. The molecule has 3 rings (SSSR count). The molecule has 0 atom stereocenters. The van der Waals surface area contributed by atoms with E-state index in [1.54, 1.807) is 0 Å². The van der Waals surface area contributed by atoms with Gasteiger partial charge in [0.2, 0.25) is 0 Å². The zero-order valence-corrected chi connectivity index (χ0v) is 17.7. The Morgan fingerprint density at radius 1 is 1.15 bits per heavy atom. The molecule has 0 bridgehead atoms. The summed E-state index contributed by atoms with van der Waals surface area (Å²) in [5.41, 5.74) is 3.25. The number of nitrogens with zero attached hydrogens (tertiary/aromatic N) is 2. The van der Waals surface area contributed by atoms with Crippen LogP contribution in [0.2, 0.25) is 0 Å². The highest BCUT2D eigenvalue weighted by atomic mass is 16.5. The zero-order chi connectivity index (χ0) is 19.8. The molecule has 1 aliphatic rings. The van der Waals surface area contributed by atoms with Crippen LogP contribution >= 0.6 is 0 Å². The van der Waals surface area contributed by atoms with Gasteiger partial charge < -0.3 is 9.84 Å². The van der Waals surface area contributed by atoms with Crippen LogP contribution in [-0.4, -0.2) is 14.9 Å². The van der Waals surface area contributed by atoms with Crippen molar-refractivity contribution in [1.29, 1.82) is 0 Å².